The van der Waals surface area contributed by atoms with Crippen molar-refractivity contribution in [1.29, 1.82) is 0 Å². The van der Waals surface area contributed by atoms with E-state index in [4.69, 9.17) is 11.6 Å². The van der Waals surface area contributed by atoms with Gasteiger partial charge in [-0.1, -0.05) is 29.8 Å². The molecular formula is C14H13ClFNO3S. The fraction of sp³-hybridized carbons (Fsp3) is 0.143. The lowest BCUT2D eigenvalue weighted by atomic mass is 10.1. The van der Waals surface area contributed by atoms with Gasteiger partial charge in [-0.15, -0.1) is 0 Å². The number of halogens is 2. The molecule has 21 heavy (non-hydrogen) atoms. The van der Waals surface area contributed by atoms with Crippen molar-refractivity contribution in [3.05, 3.63) is 58.9 Å². The van der Waals surface area contributed by atoms with E-state index >= 15 is 0 Å². The zero-order valence-electron chi connectivity index (χ0n) is 11.0. The number of benzene rings is 2. The molecule has 0 aromatic heterocycles. The van der Waals surface area contributed by atoms with Crippen LogP contribution in [0.25, 0.3) is 0 Å². The maximum atomic E-state index is 13.6. The summed E-state index contributed by atoms with van der Waals surface area (Å²) in [6.45, 7) is 1.57. The van der Waals surface area contributed by atoms with E-state index in [1.54, 1.807) is 6.92 Å². The molecule has 0 spiro atoms. The third-order valence-corrected chi connectivity index (χ3v) is 4.55. The van der Waals surface area contributed by atoms with Crippen LogP contribution < -0.4 is 4.72 Å². The van der Waals surface area contributed by atoms with Gasteiger partial charge in [-0.05, 0) is 36.8 Å². The first kappa shape index (κ1) is 15.8. The molecule has 0 radical (unpaired) electrons. The van der Waals surface area contributed by atoms with Gasteiger partial charge in [0.15, 0.2) is 0 Å². The van der Waals surface area contributed by atoms with Gasteiger partial charge in [0.2, 0.25) is 0 Å². The number of aliphatic hydroxyl groups excluding tert-OH is 1. The Bertz CT molecular complexity index is 725. The van der Waals surface area contributed by atoms with E-state index in [0.29, 0.717) is 5.56 Å². The number of hydrogen-bond donors (Lipinski definition) is 2. The van der Waals surface area contributed by atoms with Crippen molar-refractivity contribution in [2.45, 2.75) is 17.9 Å². The molecule has 1 atom stereocenters. The van der Waals surface area contributed by atoms with Gasteiger partial charge in [0, 0.05) is 0 Å². The molecule has 112 valence electrons. The highest BCUT2D eigenvalue weighted by Crippen LogP contribution is 2.27. The molecule has 0 bridgehead atoms. The van der Waals surface area contributed by atoms with Gasteiger partial charge in [0.05, 0.1) is 16.0 Å². The van der Waals surface area contributed by atoms with Crippen molar-refractivity contribution >= 4 is 27.3 Å². The summed E-state index contributed by atoms with van der Waals surface area (Å²) in [7, 11) is -3.96. The number of anilines is 1. The Balaban J connectivity index is 2.34. The van der Waals surface area contributed by atoms with Gasteiger partial charge in [-0.2, -0.15) is 0 Å². The SMILES string of the molecule is CC(O)c1ccc(S(=O)(=O)Nc2c(F)cccc2Cl)cc1. The number of nitrogens with one attached hydrogen (secondary N) is 1. The van der Waals surface area contributed by atoms with Gasteiger partial charge in [0.25, 0.3) is 10.0 Å². The van der Waals surface area contributed by atoms with E-state index in [1.165, 1.54) is 36.4 Å². The zero-order chi connectivity index (χ0) is 15.6. The van der Waals surface area contributed by atoms with Crippen LogP contribution in [0.4, 0.5) is 10.1 Å². The predicted molar refractivity (Wildman–Crippen MR) is 79.3 cm³/mol. The molecule has 4 nitrogen and oxygen atoms in total. The van der Waals surface area contributed by atoms with Crippen LogP contribution >= 0.6 is 11.6 Å². The summed E-state index contributed by atoms with van der Waals surface area (Å²) in [6.07, 6.45) is -0.698. The van der Waals surface area contributed by atoms with E-state index in [0.717, 1.165) is 6.07 Å². The van der Waals surface area contributed by atoms with Crippen LogP contribution in [0, 0.1) is 5.82 Å². The number of sulfonamides is 1. The maximum absolute atomic E-state index is 13.6. The molecule has 0 fully saturated rings. The summed E-state index contributed by atoms with van der Waals surface area (Å²) in [4.78, 5) is -0.0498. The molecule has 2 N–H and O–H groups in total. The minimum Gasteiger partial charge on any atom is -0.389 e. The maximum Gasteiger partial charge on any atom is 0.262 e. The van der Waals surface area contributed by atoms with Gasteiger partial charge in [-0.3, -0.25) is 4.72 Å². The lowest BCUT2D eigenvalue weighted by Gasteiger charge is -2.11. The number of rotatable bonds is 4. The molecule has 0 aliphatic rings. The summed E-state index contributed by atoms with van der Waals surface area (Å²) in [5.41, 5.74) is 0.289. The molecule has 0 saturated heterocycles. The quantitative estimate of drug-likeness (QED) is 0.904. The van der Waals surface area contributed by atoms with Crippen molar-refractivity contribution in [2.75, 3.05) is 4.72 Å². The van der Waals surface area contributed by atoms with E-state index in [2.05, 4.69) is 4.72 Å². The normalized spacial score (nSPS) is 13.0. The molecule has 0 amide bonds. The average Bonchev–Trinajstić information content (AvgIpc) is 2.43. The highest BCUT2D eigenvalue weighted by atomic mass is 35.5. The Morgan fingerprint density at radius 2 is 1.81 bits per heavy atom. The van der Waals surface area contributed by atoms with Crippen LogP contribution in [0.5, 0.6) is 0 Å². The Hall–Kier alpha value is -1.63. The lowest BCUT2D eigenvalue weighted by molar-refractivity contribution is 0.199. The topological polar surface area (TPSA) is 66.4 Å². The Kier molecular flexibility index (Phi) is 4.51. The first-order valence-corrected chi connectivity index (χ1v) is 7.92. The molecule has 2 aromatic carbocycles. The predicted octanol–water partition coefficient (Wildman–Crippen LogP) is 3.33. The molecule has 0 aliphatic carbocycles. The minimum absolute atomic E-state index is 0.0285. The second kappa shape index (κ2) is 6.01. The summed E-state index contributed by atoms with van der Waals surface area (Å²) in [5.74, 6) is -0.758. The fourth-order valence-corrected chi connectivity index (χ4v) is 3.07. The fourth-order valence-electron chi connectivity index (χ4n) is 1.71. The van der Waals surface area contributed by atoms with E-state index in [-0.39, 0.29) is 15.6 Å². The molecule has 2 aromatic rings. The van der Waals surface area contributed by atoms with Crippen LogP contribution in [0.15, 0.2) is 47.4 Å². The summed E-state index contributed by atoms with van der Waals surface area (Å²) >= 11 is 5.79. The number of hydrogen-bond acceptors (Lipinski definition) is 3. The Morgan fingerprint density at radius 1 is 1.19 bits per heavy atom. The van der Waals surface area contributed by atoms with Gasteiger partial charge in [-0.25, -0.2) is 12.8 Å². The molecule has 0 heterocycles. The van der Waals surface area contributed by atoms with E-state index in [9.17, 15) is 17.9 Å². The first-order chi connectivity index (χ1) is 9.81. The van der Waals surface area contributed by atoms with E-state index < -0.39 is 21.9 Å². The highest BCUT2D eigenvalue weighted by molar-refractivity contribution is 7.92. The Labute approximate surface area is 127 Å². The Morgan fingerprint density at radius 3 is 2.33 bits per heavy atom. The van der Waals surface area contributed by atoms with Crippen molar-refractivity contribution in [1.82, 2.24) is 0 Å². The van der Waals surface area contributed by atoms with Crippen molar-refractivity contribution in [3.63, 3.8) is 0 Å². The second-order valence-electron chi connectivity index (χ2n) is 4.45. The number of aliphatic hydroxyl groups is 1. The summed E-state index contributed by atoms with van der Waals surface area (Å²) < 4.78 is 40.1. The third kappa shape index (κ3) is 3.53. The largest absolute Gasteiger partial charge is 0.389 e. The van der Waals surface area contributed by atoms with Crippen LogP contribution in [-0.4, -0.2) is 13.5 Å². The zero-order valence-corrected chi connectivity index (χ0v) is 12.6. The molecule has 1 unspecified atom stereocenters. The standard InChI is InChI=1S/C14H13ClFNO3S/c1-9(18)10-5-7-11(8-6-10)21(19,20)17-14-12(15)3-2-4-13(14)16/h2-9,17-18H,1H3. The highest BCUT2D eigenvalue weighted by Gasteiger charge is 2.18. The molecule has 0 aliphatic heterocycles. The first-order valence-electron chi connectivity index (χ1n) is 6.06. The molecule has 0 saturated carbocycles. The van der Waals surface area contributed by atoms with Crippen LogP contribution in [0.1, 0.15) is 18.6 Å². The van der Waals surface area contributed by atoms with Gasteiger partial charge >= 0.3 is 0 Å². The van der Waals surface area contributed by atoms with Gasteiger partial charge < -0.3 is 5.11 Å². The summed E-state index contributed by atoms with van der Waals surface area (Å²) in [6, 6.07) is 9.52. The molecule has 2 rings (SSSR count). The minimum atomic E-state index is -3.96. The van der Waals surface area contributed by atoms with Crippen molar-refractivity contribution in [3.8, 4) is 0 Å². The van der Waals surface area contributed by atoms with Crippen LogP contribution in [0.2, 0.25) is 5.02 Å². The lowest BCUT2D eigenvalue weighted by Crippen LogP contribution is -2.14. The number of para-hydroxylation sites is 1. The van der Waals surface area contributed by atoms with Gasteiger partial charge in [0.1, 0.15) is 11.5 Å². The smallest absolute Gasteiger partial charge is 0.262 e. The molecule has 7 heteroatoms. The van der Waals surface area contributed by atoms with Crippen molar-refractivity contribution < 1.29 is 17.9 Å². The average molecular weight is 330 g/mol. The van der Waals surface area contributed by atoms with Crippen LogP contribution in [-0.2, 0) is 10.0 Å². The van der Waals surface area contributed by atoms with E-state index in [1.807, 2.05) is 0 Å². The third-order valence-electron chi connectivity index (χ3n) is 2.87. The molecular weight excluding hydrogens is 317 g/mol. The monoisotopic (exact) mass is 329 g/mol. The summed E-state index contributed by atoms with van der Waals surface area (Å²) in [5, 5.41) is 9.36. The van der Waals surface area contributed by atoms with Crippen LogP contribution in [0.3, 0.4) is 0 Å². The second-order valence-corrected chi connectivity index (χ2v) is 6.54. The van der Waals surface area contributed by atoms with Crippen molar-refractivity contribution in [2.24, 2.45) is 0 Å².